The first kappa shape index (κ1) is 14.8. The van der Waals surface area contributed by atoms with Crippen LogP contribution in [0.4, 0.5) is 0 Å². The predicted octanol–water partition coefficient (Wildman–Crippen LogP) is 2.68. The Morgan fingerprint density at radius 3 is 2.64 bits per heavy atom. The van der Waals surface area contributed by atoms with Crippen LogP contribution in [0.3, 0.4) is 0 Å². The molecule has 1 unspecified atom stereocenters. The topological polar surface area (TPSA) is 55.6 Å². The normalized spacial score (nSPS) is 21.9. The Bertz CT molecular complexity index is 680. The smallest absolute Gasteiger partial charge is 0.276 e. The Kier molecular flexibility index (Phi) is 3.74. The minimum absolute atomic E-state index is 0.107. The number of hydrogen-bond donors (Lipinski definition) is 0. The highest BCUT2D eigenvalue weighted by atomic mass is 16.5. The maximum atomic E-state index is 13.0. The van der Waals surface area contributed by atoms with Crippen LogP contribution in [-0.2, 0) is 10.3 Å². The van der Waals surface area contributed by atoms with Gasteiger partial charge in [0.1, 0.15) is 5.76 Å². The maximum Gasteiger partial charge on any atom is 0.276 e. The molecule has 5 heteroatoms. The van der Waals surface area contributed by atoms with Crippen LogP contribution in [0.2, 0.25) is 0 Å². The van der Waals surface area contributed by atoms with Crippen molar-refractivity contribution in [3.05, 3.63) is 53.2 Å². The van der Waals surface area contributed by atoms with E-state index in [1.807, 2.05) is 42.2 Å². The third-order valence-corrected chi connectivity index (χ3v) is 4.19. The van der Waals surface area contributed by atoms with Gasteiger partial charge in [-0.1, -0.05) is 30.3 Å². The quantitative estimate of drug-likeness (QED) is 0.855. The molecule has 1 atom stereocenters. The lowest BCUT2D eigenvalue weighted by Crippen LogP contribution is -2.55. The highest BCUT2D eigenvalue weighted by molar-refractivity contribution is 5.94. The zero-order valence-electron chi connectivity index (χ0n) is 13.1. The van der Waals surface area contributed by atoms with Crippen LogP contribution >= 0.6 is 0 Å². The Hall–Kier alpha value is -2.14. The molecule has 1 aromatic carbocycles. The van der Waals surface area contributed by atoms with Crippen molar-refractivity contribution in [2.45, 2.75) is 26.3 Å². The molecule has 2 heterocycles. The van der Waals surface area contributed by atoms with Gasteiger partial charge in [-0.3, -0.25) is 4.79 Å². The summed E-state index contributed by atoms with van der Waals surface area (Å²) in [5.74, 6) is 0.962. The molecule has 0 N–H and O–H groups in total. The van der Waals surface area contributed by atoms with Crippen molar-refractivity contribution in [1.82, 2.24) is 9.88 Å². The number of hydrogen-bond acceptors (Lipinski definition) is 4. The minimum Gasteiger partial charge on any atom is -0.445 e. The van der Waals surface area contributed by atoms with E-state index in [-0.39, 0.29) is 5.91 Å². The Morgan fingerprint density at radius 2 is 2.00 bits per heavy atom. The average molecular weight is 300 g/mol. The molecular formula is C17H20N2O3. The van der Waals surface area contributed by atoms with Crippen molar-refractivity contribution >= 4 is 5.91 Å². The molecule has 1 fully saturated rings. The highest BCUT2D eigenvalue weighted by Gasteiger charge is 2.41. The first-order valence-electron chi connectivity index (χ1n) is 7.41. The highest BCUT2D eigenvalue weighted by Crippen LogP contribution is 2.32. The standard InChI is InChI=1S/C17H20N2O3/c1-12-15(18-13(2)22-12)16(20)19-9-10-21-11-17(19,3)14-7-5-4-6-8-14/h4-8H,9-11H2,1-3H3. The van der Waals surface area contributed by atoms with Gasteiger partial charge in [0.2, 0.25) is 0 Å². The van der Waals surface area contributed by atoms with Crippen LogP contribution in [0.5, 0.6) is 0 Å². The van der Waals surface area contributed by atoms with Crippen LogP contribution in [0, 0.1) is 13.8 Å². The number of amides is 1. The summed E-state index contributed by atoms with van der Waals surface area (Å²) in [5, 5.41) is 0. The van der Waals surface area contributed by atoms with E-state index in [0.29, 0.717) is 37.1 Å². The van der Waals surface area contributed by atoms with Crippen molar-refractivity contribution in [2.75, 3.05) is 19.8 Å². The fourth-order valence-corrected chi connectivity index (χ4v) is 2.97. The number of aryl methyl sites for hydroxylation is 2. The Labute approximate surface area is 129 Å². The lowest BCUT2D eigenvalue weighted by atomic mass is 9.89. The SMILES string of the molecule is Cc1nc(C(=O)N2CCOCC2(C)c2ccccc2)c(C)o1. The Morgan fingerprint density at radius 1 is 1.27 bits per heavy atom. The largest absolute Gasteiger partial charge is 0.445 e. The number of aromatic nitrogens is 1. The van der Waals surface area contributed by atoms with E-state index in [2.05, 4.69) is 4.98 Å². The van der Waals surface area contributed by atoms with Crippen LogP contribution < -0.4 is 0 Å². The van der Waals surface area contributed by atoms with E-state index in [0.717, 1.165) is 5.56 Å². The summed E-state index contributed by atoms with van der Waals surface area (Å²) in [7, 11) is 0. The monoisotopic (exact) mass is 300 g/mol. The van der Waals surface area contributed by atoms with Crippen molar-refractivity contribution < 1.29 is 13.9 Å². The predicted molar refractivity (Wildman–Crippen MR) is 81.6 cm³/mol. The first-order chi connectivity index (χ1) is 10.5. The van der Waals surface area contributed by atoms with E-state index in [1.54, 1.807) is 13.8 Å². The molecule has 1 aliphatic heterocycles. The molecule has 3 rings (SSSR count). The summed E-state index contributed by atoms with van der Waals surface area (Å²) in [6.45, 7) is 7.09. The van der Waals surface area contributed by atoms with Crippen LogP contribution in [-0.4, -0.2) is 35.5 Å². The molecule has 0 spiro atoms. The number of oxazole rings is 1. The van der Waals surface area contributed by atoms with Crippen molar-refractivity contribution in [1.29, 1.82) is 0 Å². The third-order valence-electron chi connectivity index (χ3n) is 4.19. The van der Waals surface area contributed by atoms with Gasteiger partial charge in [0, 0.05) is 13.5 Å². The molecule has 0 bridgehead atoms. The van der Waals surface area contributed by atoms with E-state index in [1.165, 1.54) is 0 Å². The van der Waals surface area contributed by atoms with E-state index < -0.39 is 5.54 Å². The second kappa shape index (κ2) is 5.57. The molecule has 1 aliphatic rings. The lowest BCUT2D eigenvalue weighted by molar-refractivity contribution is -0.0483. The third kappa shape index (κ3) is 2.41. The second-order valence-corrected chi connectivity index (χ2v) is 5.79. The van der Waals surface area contributed by atoms with Gasteiger partial charge in [0.05, 0.1) is 18.8 Å². The number of carbonyl (C=O) groups is 1. The van der Waals surface area contributed by atoms with Gasteiger partial charge < -0.3 is 14.1 Å². The Balaban J connectivity index is 2.00. The summed E-state index contributed by atoms with van der Waals surface area (Å²) in [5.41, 5.74) is 0.943. The van der Waals surface area contributed by atoms with Gasteiger partial charge in [0.25, 0.3) is 5.91 Å². The number of morpholine rings is 1. The van der Waals surface area contributed by atoms with Crippen LogP contribution in [0.1, 0.15) is 34.6 Å². The van der Waals surface area contributed by atoms with Gasteiger partial charge in [-0.2, -0.15) is 0 Å². The summed E-state index contributed by atoms with van der Waals surface area (Å²) >= 11 is 0. The summed E-state index contributed by atoms with van der Waals surface area (Å²) < 4.78 is 11.1. The van der Waals surface area contributed by atoms with Gasteiger partial charge >= 0.3 is 0 Å². The van der Waals surface area contributed by atoms with Crippen LogP contribution in [0.25, 0.3) is 0 Å². The summed E-state index contributed by atoms with van der Waals surface area (Å²) in [6, 6.07) is 9.96. The van der Waals surface area contributed by atoms with Gasteiger partial charge in [-0.15, -0.1) is 0 Å². The van der Waals surface area contributed by atoms with E-state index >= 15 is 0 Å². The van der Waals surface area contributed by atoms with Gasteiger partial charge in [0.15, 0.2) is 11.6 Å². The minimum atomic E-state index is -0.504. The molecule has 5 nitrogen and oxygen atoms in total. The molecule has 0 saturated carbocycles. The van der Waals surface area contributed by atoms with E-state index in [9.17, 15) is 4.79 Å². The number of benzene rings is 1. The first-order valence-corrected chi connectivity index (χ1v) is 7.41. The average Bonchev–Trinajstić information content (AvgIpc) is 2.86. The van der Waals surface area contributed by atoms with Crippen LogP contribution in [0.15, 0.2) is 34.7 Å². The number of nitrogens with zero attached hydrogens (tertiary/aromatic N) is 2. The number of ether oxygens (including phenoxy) is 1. The van der Waals surface area contributed by atoms with E-state index in [4.69, 9.17) is 9.15 Å². The maximum absolute atomic E-state index is 13.0. The zero-order chi connectivity index (χ0) is 15.7. The van der Waals surface area contributed by atoms with Crippen molar-refractivity contribution in [2.24, 2.45) is 0 Å². The molecule has 22 heavy (non-hydrogen) atoms. The molecule has 0 radical (unpaired) electrons. The number of rotatable bonds is 2. The fourth-order valence-electron chi connectivity index (χ4n) is 2.97. The second-order valence-electron chi connectivity index (χ2n) is 5.79. The molecular weight excluding hydrogens is 280 g/mol. The fraction of sp³-hybridized carbons (Fsp3) is 0.412. The molecule has 2 aromatic rings. The summed E-state index contributed by atoms with van der Waals surface area (Å²) in [6.07, 6.45) is 0. The summed E-state index contributed by atoms with van der Waals surface area (Å²) in [4.78, 5) is 19.1. The van der Waals surface area contributed by atoms with Crippen molar-refractivity contribution in [3.63, 3.8) is 0 Å². The molecule has 116 valence electrons. The lowest BCUT2D eigenvalue weighted by Gasteiger charge is -2.44. The van der Waals surface area contributed by atoms with Gasteiger partial charge in [-0.05, 0) is 19.4 Å². The molecule has 1 aromatic heterocycles. The zero-order valence-corrected chi connectivity index (χ0v) is 13.1. The van der Waals surface area contributed by atoms with Gasteiger partial charge in [-0.25, -0.2) is 4.98 Å². The van der Waals surface area contributed by atoms with Crippen molar-refractivity contribution in [3.8, 4) is 0 Å². The molecule has 1 saturated heterocycles. The molecule has 0 aliphatic carbocycles. The number of carbonyl (C=O) groups excluding carboxylic acids is 1. The molecule has 1 amide bonds.